The van der Waals surface area contributed by atoms with Gasteiger partial charge >= 0.3 is 0 Å². The Morgan fingerprint density at radius 3 is 1.82 bits per heavy atom. The van der Waals surface area contributed by atoms with Gasteiger partial charge in [0, 0.05) is 25.7 Å². The molecular formula is C13H18O4. The second-order valence-electron chi connectivity index (χ2n) is 6.07. The highest BCUT2D eigenvalue weighted by molar-refractivity contribution is 5.90. The average molecular weight is 238 g/mol. The molecule has 3 aliphatic carbocycles. The molecular weight excluding hydrogens is 220 g/mol. The van der Waals surface area contributed by atoms with Crippen molar-refractivity contribution in [2.45, 2.75) is 50.7 Å². The fourth-order valence-electron chi connectivity index (χ4n) is 4.34. The van der Waals surface area contributed by atoms with Gasteiger partial charge in [0.05, 0.1) is 12.2 Å². The van der Waals surface area contributed by atoms with E-state index in [4.69, 9.17) is 0 Å². The Morgan fingerprint density at radius 2 is 1.35 bits per heavy atom. The maximum atomic E-state index is 11.7. The normalized spacial score (nSPS) is 50.0. The van der Waals surface area contributed by atoms with E-state index in [0.29, 0.717) is 38.5 Å². The molecule has 0 aromatic heterocycles. The third kappa shape index (κ3) is 1.58. The molecule has 2 atom stereocenters. The highest BCUT2D eigenvalue weighted by Crippen LogP contribution is 2.59. The topological polar surface area (TPSA) is 74.6 Å². The molecule has 0 heterocycles. The van der Waals surface area contributed by atoms with E-state index in [1.165, 1.54) is 0 Å². The minimum atomic E-state index is -0.679. The molecule has 4 heteroatoms. The van der Waals surface area contributed by atoms with E-state index in [1.807, 2.05) is 0 Å². The number of carbonyl (C=O) groups excluding carboxylic acids is 2. The van der Waals surface area contributed by atoms with Crippen LogP contribution in [0.4, 0.5) is 0 Å². The van der Waals surface area contributed by atoms with Crippen molar-refractivity contribution in [1.29, 1.82) is 0 Å². The van der Waals surface area contributed by atoms with Gasteiger partial charge in [-0.1, -0.05) is 0 Å². The van der Waals surface area contributed by atoms with Crippen LogP contribution in [-0.2, 0) is 9.59 Å². The van der Waals surface area contributed by atoms with E-state index in [0.717, 1.165) is 0 Å². The Kier molecular flexibility index (Phi) is 2.42. The summed E-state index contributed by atoms with van der Waals surface area (Å²) in [6, 6.07) is 0. The zero-order valence-electron chi connectivity index (χ0n) is 9.76. The third-order valence-electron chi connectivity index (χ3n) is 5.12. The third-order valence-corrected chi connectivity index (χ3v) is 5.12. The lowest BCUT2D eigenvalue weighted by molar-refractivity contribution is -0.120. The molecule has 94 valence electrons. The standard InChI is InChI=1S/C13H18O4/c14-9-1-7-2-10(15)6-13(7,5-9)8-3-11(16)12(17)4-8/h7-8,11-12,16-17H,1-6H2. The summed E-state index contributed by atoms with van der Waals surface area (Å²) in [5.41, 5.74) is -0.230. The largest absolute Gasteiger partial charge is 0.390 e. The summed E-state index contributed by atoms with van der Waals surface area (Å²) in [7, 11) is 0. The van der Waals surface area contributed by atoms with Crippen molar-refractivity contribution in [3.63, 3.8) is 0 Å². The first-order valence-electron chi connectivity index (χ1n) is 6.41. The number of Topliss-reactive ketones (excluding diaryl/α,β-unsaturated/α-hetero) is 2. The van der Waals surface area contributed by atoms with Gasteiger partial charge < -0.3 is 10.2 Å². The smallest absolute Gasteiger partial charge is 0.133 e. The van der Waals surface area contributed by atoms with Crippen LogP contribution in [0.2, 0.25) is 0 Å². The van der Waals surface area contributed by atoms with Crippen LogP contribution in [0, 0.1) is 17.3 Å². The average Bonchev–Trinajstić information content (AvgIpc) is 2.79. The van der Waals surface area contributed by atoms with Crippen LogP contribution >= 0.6 is 0 Å². The number of rotatable bonds is 1. The van der Waals surface area contributed by atoms with Crippen molar-refractivity contribution in [2.24, 2.45) is 17.3 Å². The molecule has 0 bridgehead atoms. The van der Waals surface area contributed by atoms with Crippen LogP contribution < -0.4 is 0 Å². The van der Waals surface area contributed by atoms with Gasteiger partial charge in [0.15, 0.2) is 0 Å². The molecule has 0 amide bonds. The highest BCUT2D eigenvalue weighted by atomic mass is 16.3. The van der Waals surface area contributed by atoms with E-state index in [2.05, 4.69) is 0 Å². The van der Waals surface area contributed by atoms with Crippen molar-refractivity contribution < 1.29 is 19.8 Å². The first-order chi connectivity index (χ1) is 8.01. The summed E-state index contributed by atoms with van der Waals surface area (Å²) in [4.78, 5) is 23.3. The second-order valence-corrected chi connectivity index (χ2v) is 6.07. The Hall–Kier alpha value is -0.740. The van der Waals surface area contributed by atoms with Crippen molar-refractivity contribution in [1.82, 2.24) is 0 Å². The molecule has 3 fully saturated rings. The Balaban J connectivity index is 1.88. The van der Waals surface area contributed by atoms with Gasteiger partial charge in [-0.2, -0.15) is 0 Å². The fraction of sp³-hybridized carbons (Fsp3) is 0.846. The summed E-state index contributed by atoms with van der Waals surface area (Å²) >= 11 is 0. The first-order valence-corrected chi connectivity index (χ1v) is 6.41. The maximum absolute atomic E-state index is 11.7. The van der Waals surface area contributed by atoms with Crippen LogP contribution in [0.3, 0.4) is 0 Å². The number of hydrogen-bond donors (Lipinski definition) is 2. The minimum Gasteiger partial charge on any atom is -0.390 e. The molecule has 0 aromatic carbocycles. The minimum absolute atomic E-state index is 0.135. The van der Waals surface area contributed by atoms with Crippen molar-refractivity contribution in [2.75, 3.05) is 0 Å². The fourth-order valence-corrected chi connectivity index (χ4v) is 4.34. The zero-order valence-corrected chi connectivity index (χ0v) is 9.76. The predicted molar refractivity (Wildman–Crippen MR) is 59.1 cm³/mol. The summed E-state index contributed by atoms with van der Waals surface area (Å²) in [6.45, 7) is 0. The van der Waals surface area contributed by atoms with E-state index in [-0.39, 0.29) is 28.8 Å². The number of aliphatic hydroxyl groups is 2. The molecule has 0 spiro atoms. The summed E-state index contributed by atoms with van der Waals surface area (Å²) < 4.78 is 0. The van der Waals surface area contributed by atoms with Gasteiger partial charge in [-0.25, -0.2) is 0 Å². The lowest BCUT2D eigenvalue weighted by Crippen LogP contribution is -2.30. The quantitative estimate of drug-likeness (QED) is 0.695. The number of fused-ring (bicyclic) bond motifs is 1. The van der Waals surface area contributed by atoms with Gasteiger partial charge in [-0.3, -0.25) is 9.59 Å². The highest BCUT2D eigenvalue weighted by Gasteiger charge is 2.58. The van der Waals surface area contributed by atoms with Gasteiger partial charge in [0.25, 0.3) is 0 Å². The number of carbonyl (C=O) groups is 2. The van der Waals surface area contributed by atoms with Crippen LogP contribution in [0.25, 0.3) is 0 Å². The van der Waals surface area contributed by atoms with Gasteiger partial charge in [0.1, 0.15) is 11.6 Å². The number of aliphatic hydroxyl groups excluding tert-OH is 2. The number of hydrogen-bond acceptors (Lipinski definition) is 4. The molecule has 2 N–H and O–H groups in total. The Labute approximate surface area is 100 Å². The Morgan fingerprint density at radius 1 is 0.882 bits per heavy atom. The van der Waals surface area contributed by atoms with Crippen LogP contribution in [0.15, 0.2) is 0 Å². The van der Waals surface area contributed by atoms with E-state index >= 15 is 0 Å². The van der Waals surface area contributed by atoms with E-state index in [1.54, 1.807) is 0 Å². The van der Waals surface area contributed by atoms with Crippen LogP contribution in [0.1, 0.15) is 38.5 Å². The van der Waals surface area contributed by atoms with Gasteiger partial charge in [-0.05, 0) is 30.1 Å². The second kappa shape index (κ2) is 3.62. The molecule has 2 unspecified atom stereocenters. The summed E-state index contributed by atoms with van der Waals surface area (Å²) in [5.74, 6) is 0.803. The van der Waals surface area contributed by atoms with E-state index in [9.17, 15) is 19.8 Å². The van der Waals surface area contributed by atoms with E-state index < -0.39 is 12.2 Å². The predicted octanol–water partition coefficient (Wildman–Crippen LogP) is 0.447. The molecule has 0 saturated heterocycles. The zero-order chi connectivity index (χ0) is 12.2. The Bertz CT molecular complexity index is 346. The molecule has 0 aliphatic heterocycles. The van der Waals surface area contributed by atoms with Gasteiger partial charge in [0.2, 0.25) is 0 Å². The molecule has 17 heavy (non-hydrogen) atoms. The van der Waals surface area contributed by atoms with Crippen LogP contribution in [0.5, 0.6) is 0 Å². The monoisotopic (exact) mass is 238 g/mol. The summed E-state index contributed by atoms with van der Waals surface area (Å²) in [6.07, 6.45) is 1.73. The molecule has 0 radical (unpaired) electrons. The molecule has 4 nitrogen and oxygen atoms in total. The van der Waals surface area contributed by atoms with Gasteiger partial charge in [-0.15, -0.1) is 0 Å². The maximum Gasteiger partial charge on any atom is 0.133 e. The van der Waals surface area contributed by atoms with Crippen molar-refractivity contribution in [3.05, 3.63) is 0 Å². The molecule has 0 aromatic rings. The molecule has 3 saturated carbocycles. The first kappa shape index (κ1) is 11.4. The lowest BCUT2D eigenvalue weighted by Gasteiger charge is -2.34. The lowest BCUT2D eigenvalue weighted by atomic mass is 9.69. The summed E-state index contributed by atoms with van der Waals surface area (Å²) in [5, 5.41) is 19.3. The number of ketones is 2. The van der Waals surface area contributed by atoms with Crippen LogP contribution in [-0.4, -0.2) is 34.0 Å². The SMILES string of the molecule is O=C1CC2CC(=O)CC2(C2CC(O)C(O)C2)C1. The van der Waals surface area contributed by atoms with Crippen molar-refractivity contribution >= 4 is 11.6 Å². The molecule has 3 rings (SSSR count). The molecule has 3 aliphatic rings. The van der Waals surface area contributed by atoms with Crippen molar-refractivity contribution in [3.8, 4) is 0 Å².